The highest BCUT2D eigenvalue weighted by molar-refractivity contribution is 7.91. The standard InChI is InChI=1S/C10H10N4O5S2/c11-21(18,19)7-2-1-5(20-7)3-12-8(15)6-4-13-10(17)14-9(6)16/h1-2,4H,3H2,(H,12,15)(H2,11,18,19)(H2,13,14,16,17). The first-order chi connectivity index (χ1) is 9.77. The van der Waals surface area contributed by atoms with Crippen LogP contribution in [0.15, 0.2) is 32.1 Å². The van der Waals surface area contributed by atoms with E-state index in [-0.39, 0.29) is 16.3 Å². The Balaban J connectivity index is 2.09. The van der Waals surface area contributed by atoms with Crippen molar-refractivity contribution in [1.29, 1.82) is 0 Å². The maximum absolute atomic E-state index is 11.8. The monoisotopic (exact) mass is 330 g/mol. The largest absolute Gasteiger partial charge is 0.347 e. The van der Waals surface area contributed by atoms with Crippen molar-refractivity contribution >= 4 is 27.3 Å². The van der Waals surface area contributed by atoms with Crippen molar-refractivity contribution < 1.29 is 13.2 Å². The molecule has 0 unspecified atom stereocenters. The molecule has 0 spiro atoms. The molecule has 0 atom stereocenters. The molecule has 0 saturated heterocycles. The van der Waals surface area contributed by atoms with Gasteiger partial charge in [0.1, 0.15) is 9.77 Å². The highest BCUT2D eigenvalue weighted by Gasteiger charge is 2.13. The smallest absolute Gasteiger partial charge is 0.325 e. The van der Waals surface area contributed by atoms with Gasteiger partial charge in [0.05, 0.1) is 6.54 Å². The Kier molecular flexibility index (Phi) is 4.06. The molecular formula is C10H10N4O5S2. The molecule has 21 heavy (non-hydrogen) atoms. The summed E-state index contributed by atoms with van der Waals surface area (Å²) in [5, 5.41) is 7.40. The number of carbonyl (C=O) groups excluding carboxylic acids is 1. The van der Waals surface area contributed by atoms with Crippen LogP contribution >= 0.6 is 11.3 Å². The molecule has 9 nitrogen and oxygen atoms in total. The molecule has 112 valence electrons. The van der Waals surface area contributed by atoms with Crippen LogP contribution in [0.5, 0.6) is 0 Å². The molecule has 0 aromatic carbocycles. The van der Waals surface area contributed by atoms with E-state index in [9.17, 15) is 22.8 Å². The highest BCUT2D eigenvalue weighted by Crippen LogP contribution is 2.19. The van der Waals surface area contributed by atoms with Gasteiger partial charge >= 0.3 is 5.69 Å². The van der Waals surface area contributed by atoms with Crippen LogP contribution in [0.1, 0.15) is 15.2 Å². The van der Waals surface area contributed by atoms with Crippen LogP contribution in [-0.2, 0) is 16.6 Å². The van der Waals surface area contributed by atoms with Gasteiger partial charge in [0.25, 0.3) is 11.5 Å². The van der Waals surface area contributed by atoms with Gasteiger partial charge in [0, 0.05) is 11.1 Å². The summed E-state index contributed by atoms with van der Waals surface area (Å²) in [6, 6.07) is 2.83. The first kappa shape index (κ1) is 15.2. The van der Waals surface area contributed by atoms with Crippen molar-refractivity contribution in [3.8, 4) is 0 Å². The Bertz CT molecular complexity index is 892. The number of hydrogen-bond donors (Lipinski definition) is 4. The molecule has 2 rings (SSSR count). The normalized spacial score (nSPS) is 11.3. The number of rotatable bonds is 4. The zero-order chi connectivity index (χ0) is 15.6. The topological polar surface area (TPSA) is 155 Å². The Morgan fingerprint density at radius 3 is 2.62 bits per heavy atom. The molecule has 0 aliphatic heterocycles. The van der Waals surface area contributed by atoms with Gasteiger partial charge in [-0.2, -0.15) is 0 Å². The molecule has 0 saturated carbocycles. The summed E-state index contributed by atoms with van der Waals surface area (Å²) in [5.74, 6) is -0.696. The number of amides is 1. The average Bonchev–Trinajstić information content (AvgIpc) is 2.84. The summed E-state index contributed by atoms with van der Waals surface area (Å²) in [5.41, 5.74) is -1.78. The van der Waals surface area contributed by atoms with E-state index in [2.05, 4.69) is 10.3 Å². The lowest BCUT2D eigenvalue weighted by Gasteiger charge is -2.02. The number of carbonyl (C=O) groups is 1. The SMILES string of the molecule is NS(=O)(=O)c1ccc(CNC(=O)c2c[nH]c(=O)[nH]c2=O)s1. The van der Waals surface area contributed by atoms with Crippen molar-refractivity contribution in [2.45, 2.75) is 10.8 Å². The Morgan fingerprint density at radius 1 is 1.33 bits per heavy atom. The predicted molar refractivity (Wildman–Crippen MR) is 74.5 cm³/mol. The van der Waals surface area contributed by atoms with E-state index < -0.39 is 27.2 Å². The molecular weight excluding hydrogens is 320 g/mol. The van der Waals surface area contributed by atoms with Gasteiger partial charge in [-0.05, 0) is 12.1 Å². The third kappa shape index (κ3) is 3.65. The minimum absolute atomic E-state index is 0.0198. The Labute approximate surface area is 121 Å². The number of sulfonamides is 1. The van der Waals surface area contributed by atoms with Crippen molar-refractivity contribution in [3.63, 3.8) is 0 Å². The number of nitrogens with one attached hydrogen (secondary N) is 3. The number of H-pyrrole nitrogens is 2. The molecule has 2 aromatic rings. The quantitative estimate of drug-likeness (QED) is 0.548. The summed E-state index contributed by atoms with van der Waals surface area (Å²) in [7, 11) is -3.77. The maximum atomic E-state index is 11.8. The van der Waals surface area contributed by atoms with E-state index >= 15 is 0 Å². The zero-order valence-corrected chi connectivity index (χ0v) is 12.0. The van der Waals surface area contributed by atoms with E-state index in [1.807, 2.05) is 4.98 Å². The molecule has 1 amide bonds. The predicted octanol–water partition coefficient (Wildman–Crippen LogP) is -1.30. The fourth-order valence-corrected chi connectivity index (χ4v) is 3.17. The molecule has 0 aliphatic carbocycles. The van der Waals surface area contributed by atoms with Crippen LogP contribution in [0, 0.1) is 0 Å². The van der Waals surface area contributed by atoms with Gasteiger partial charge in [0.2, 0.25) is 10.0 Å². The first-order valence-electron chi connectivity index (χ1n) is 5.49. The fraction of sp³-hybridized carbons (Fsp3) is 0.100. The van der Waals surface area contributed by atoms with E-state index in [4.69, 9.17) is 5.14 Å². The van der Waals surface area contributed by atoms with Gasteiger partial charge in [-0.25, -0.2) is 18.4 Å². The van der Waals surface area contributed by atoms with Crippen molar-refractivity contribution in [2.75, 3.05) is 0 Å². The lowest BCUT2D eigenvalue weighted by Crippen LogP contribution is -2.33. The van der Waals surface area contributed by atoms with Crippen LogP contribution < -0.4 is 21.7 Å². The Morgan fingerprint density at radius 2 is 2.05 bits per heavy atom. The van der Waals surface area contributed by atoms with E-state index in [0.717, 1.165) is 17.5 Å². The van der Waals surface area contributed by atoms with Gasteiger partial charge in [-0.15, -0.1) is 11.3 Å². The van der Waals surface area contributed by atoms with Crippen molar-refractivity contribution in [3.05, 3.63) is 49.6 Å². The summed E-state index contributed by atoms with van der Waals surface area (Å²) in [4.78, 5) is 38.6. The number of aromatic amines is 2. The molecule has 2 heterocycles. The summed E-state index contributed by atoms with van der Waals surface area (Å²) in [6.07, 6.45) is 1.00. The molecule has 0 aliphatic rings. The summed E-state index contributed by atoms with van der Waals surface area (Å²) < 4.78 is 22.2. The fourth-order valence-electron chi connectivity index (χ4n) is 1.45. The van der Waals surface area contributed by atoms with E-state index in [1.165, 1.54) is 12.1 Å². The van der Waals surface area contributed by atoms with Crippen molar-refractivity contribution in [1.82, 2.24) is 15.3 Å². The molecule has 5 N–H and O–H groups in total. The molecule has 2 aromatic heterocycles. The highest BCUT2D eigenvalue weighted by atomic mass is 32.2. The minimum atomic E-state index is -3.77. The summed E-state index contributed by atoms with van der Waals surface area (Å²) in [6.45, 7) is 0.0254. The van der Waals surface area contributed by atoms with Crippen molar-refractivity contribution in [2.24, 2.45) is 5.14 Å². The number of nitrogens with two attached hydrogens (primary N) is 1. The van der Waals surface area contributed by atoms with Gasteiger partial charge in [-0.1, -0.05) is 0 Å². The van der Waals surface area contributed by atoms with E-state index in [0.29, 0.717) is 4.88 Å². The molecule has 0 radical (unpaired) electrons. The lowest BCUT2D eigenvalue weighted by molar-refractivity contribution is 0.0949. The Hall–Kier alpha value is -2.24. The third-order valence-electron chi connectivity index (χ3n) is 2.40. The van der Waals surface area contributed by atoms with Crippen LogP contribution in [-0.4, -0.2) is 24.3 Å². The number of hydrogen-bond acceptors (Lipinski definition) is 6. The van der Waals surface area contributed by atoms with Gasteiger partial charge < -0.3 is 10.3 Å². The second kappa shape index (κ2) is 5.63. The first-order valence-corrected chi connectivity index (χ1v) is 7.85. The van der Waals surface area contributed by atoms with Crippen LogP contribution in [0.3, 0.4) is 0 Å². The second-order valence-corrected chi connectivity index (χ2v) is 6.89. The number of thiophene rings is 1. The van der Waals surface area contributed by atoms with Gasteiger partial charge in [-0.3, -0.25) is 14.6 Å². The van der Waals surface area contributed by atoms with E-state index in [1.54, 1.807) is 0 Å². The minimum Gasteiger partial charge on any atom is -0.347 e. The zero-order valence-electron chi connectivity index (χ0n) is 10.4. The molecule has 0 fully saturated rings. The third-order valence-corrected chi connectivity index (χ3v) is 4.93. The van der Waals surface area contributed by atoms with Crippen LogP contribution in [0.25, 0.3) is 0 Å². The van der Waals surface area contributed by atoms with Crippen LogP contribution in [0.4, 0.5) is 0 Å². The average molecular weight is 330 g/mol. The number of aromatic nitrogens is 2. The molecule has 11 heteroatoms. The molecule has 0 bridgehead atoms. The maximum Gasteiger partial charge on any atom is 0.325 e. The summed E-state index contributed by atoms with van der Waals surface area (Å²) >= 11 is 0.912. The lowest BCUT2D eigenvalue weighted by atomic mass is 10.3. The van der Waals surface area contributed by atoms with Gasteiger partial charge in [0.15, 0.2) is 0 Å². The van der Waals surface area contributed by atoms with Crippen LogP contribution in [0.2, 0.25) is 0 Å². The number of primary sulfonamides is 1. The second-order valence-electron chi connectivity index (χ2n) is 3.93.